The number of carbonyl (C=O) groups excluding carboxylic acids is 1. The van der Waals surface area contributed by atoms with Crippen LogP contribution in [0.1, 0.15) is 18.9 Å². The van der Waals surface area contributed by atoms with Crippen LogP contribution < -0.4 is 5.32 Å². The molecule has 1 aromatic rings. The summed E-state index contributed by atoms with van der Waals surface area (Å²) >= 11 is 0. The Kier molecular flexibility index (Phi) is 5.03. The van der Waals surface area contributed by atoms with Gasteiger partial charge >= 0.3 is 0 Å². The Hall–Kier alpha value is -1.49. The van der Waals surface area contributed by atoms with Gasteiger partial charge in [-0.3, -0.25) is 4.79 Å². The summed E-state index contributed by atoms with van der Waals surface area (Å²) in [6.07, 6.45) is 0.427. The maximum absolute atomic E-state index is 13.2. The molecule has 5 heteroatoms. The molecule has 3 nitrogen and oxygen atoms in total. The zero-order valence-electron chi connectivity index (χ0n) is 9.54. The minimum absolute atomic E-state index is 0.136. The van der Waals surface area contributed by atoms with Crippen molar-refractivity contribution in [3.05, 3.63) is 35.4 Å². The van der Waals surface area contributed by atoms with E-state index < -0.39 is 17.5 Å². The Labute approximate surface area is 98.5 Å². The van der Waals surface area contributed by atoms with Gasteiger partial charge in [-0.1, -0.05) is 13.0 Å². The zero-order chi connectivity index (χ0) is 12.8. The molecule has 1 aromatic carbocycles. The predicted octanol–water partition coefficient (Wildman–Crippen LogP) is 1.39. The molecule has 0 spiro atoms. The lowest BCUT2D eigenvalue weighted by Gasteiger charge is -2.14. The van der Waals surface area contributed by atoms with E-state index in [-0.39, 0.29) is 24.6 Å². The maximum Gasteiger partial charge on any atom is 0.224 e. The third kappa shape index (κ3) is 4.11. The Balaban J connectivity index is 2.62. The molecule has 0 heterocycles. The molecule has 1 rings (SSSR count). The summed E-state index contributed by atoms with van der Waals surface area (Å²) in [6, 6.07) is 2.76. The van der Waals surface area contributed by atoms with E-state index in [2.05, 4.69) is 5.32 Å². The normalized spacial score (nSPS) is 12.2. The quantitative estimate of drug-likeness (QED) is 0.821. The molecule has 0 aromatic heterocycles. The summed E-state index contributed by atoms with van der Waals surface area (Å²) < 4.78 is 25.9. The van der Waals surface area contributed by atoms with Crippen molar-refractivity contribution in [1.82, 2.24) is 5.32 Å². The van der Waals surface area contributed by atoms with E-state index in [4.69, 9.17) is 5.11 Å². The number of halogens is 2. The van der Waals surface area contributed by atoms with Crippen LogP contribution in [-0.4, -0.2) is 23.7 Å². The van der Waals surface area contributed by atoms with Gasteiger partial charge in [0, 0.05) is 6.07 Å². The monoisotopic (exact) mass is 243 g/mol. The number of nitrogens with one attached hydrogen (secondary N) is 1. The summed E-state index contributed by atoms with van der Waals surface area (Å²) in [7, 11) is 0. The van der Waals surface area contributed by atoms with Crippen molar-refractivity contribution in [2.24, 2.45) is 0 Å². The molecular formula is C12H15F2NO2. The standard InChI is InChI=1S/C12H15F2NO2/c1-2-10(7-16)15-12(17)5-8-3-4-9(13)6-11(8)14/h3-4,6,10,16H,2,5,7H2,1H3,(H,15,17)/t10-/m0/s1. The lowest BCUT2D eigenvalue weighted by atomic mass is 10.1. The molecule has 0 aliphatic rings. The van der Waals surface area contributed by atoms with E-state index in [1.165, 1.54) is 6.07 Å². The van der Waals surface area contributed by atoms with E-state index >= 15 is 0 Å². The van der Waals surface area contributed by atoms with Crippen molar-refractivity contribution >= 4 is 5.91 Å². The van der Waals surface area contributed by atoms with Crippen molar-refractivity contribution in [1.29, 1.82) is 0 Å². The van der Waals surface area contributed by atoms with Crippen LogP contribution in [0.15, 0.2) is 18.2 Å². The van der Waals surface area contributed by atoms with Gasteiger partial charge in [-0.05, 0) is 18.1 Å². The number of carbonyl (C=O) groups is 1. The van der Waals surface area contributed by atoms with E-state index in [0.717, 1.165) is 12.1 Å². The lowest BCUT2D eigenvalue weighted by Crippen LogP contribution is -2.37. The predicted molar refractivity (Wildman–Crippen MR) is 59.4 cm³/mol. The van der Waals surface area contributed by atoms with Crippen LogP contribution in [0.4, 0.5) is 8.78 Å². The number of benzene rings is 1. The second-order valence-corrected chi connectivity index (χ2v) is 3.77. The summed E-state index contributed by atoms with van der Waals surface area (Å²) in [5, 5.41) is 11.5. The smallest absolute Gasteiger partial charge is 0.224 e. The molecule has 0 saturated carbocycles. The fourth-order valence-corrected chi connectivity index (χ4v) is 1.39. The Morgan fingerprint density at radius 3 is 2.71 bits per heavy atom. The van der Waals surface area contributed by atoms with Gasteiger partial charge < -0.3 is 10.4 Å². The van der Waals surface area contributed by atoms with Crippen LogP contribution >= 0.6 is 0 Å². The van der Waals surface area contributed by atoms with Gasteiger partial charge in [0.05, 0.1) is 19.1 Å². The van der Waals surface area contributed by atoms with E-state index in [0.29, 0.717) is 6.42 Å². The summed E-state index contributed by atoms with van der Waals surface area (Å²) in [5.41, 5.74) is 0.136. The molecule has 1 amide bonds. The first-order chi connectivity index (χ1) is 8.06. The van der Waals surface area contributed by atoms with E-state index in [1.54, 1.807) is 0 Å². The largest absolute Gasteiger partial charge is 0.394 e. The summed E-state index contributed by atoms with van der Waals surface area (Å²) in [5.74, 6) is -1.80. The lowest BCUT2D eigenvalue weighted by molar-refractivity contribution is -0.121. The SMILES string of the molecule is CC[C@@H](CO)NC(=O)Cc1ccc(F)cc1F. The van der Waals surface area contributed by atoms with Crippen LogP contribution in [0.25, 0.3) is 0 Å². The highest BCUT2D eigenvalue weighted by atomic mass is 19.1. The zero-order valence-corrected chi connectivity index (χ0v) is 9.54. The molecule has 17 heavy (non-hydrogen) atoms. The third-order valence-electron chi connectivity index (χ3n) is 2.44. The van der Waals surface area contributed by atoms with Crippen molar-refractivity contribution < 1.29 is 18.7 Å². The van der Waals surface area contributed by atoms with Crippen molar-refractivity contribution in [2.45, 2.75) is 25.8 Å². The maximum atomic E-state index is 13.2. The molecule has 0 aliphatic carbocycles. The highest BCUT2D eigenvalue weighted by Gasteiger charge is 2.12. The number of hydrogen-bond donors (Lipinski definition) is 2. The Bertz CT molecular complexity index is 392. The molecule has 0 aliphatic heterocycles. The fraction of sp³-hybridized carbons (Fsp3) is 0.417. The average Bonchev–Trinajstić information content (AvgIpc) is 2.29. The van der Waals surface area contributed by atoms with Gasteiger partial charge in [-0.15, -0.1) is 0 Å². The van der Waals surface area contributed by atoms with Gasteiger partial charge in [0.1, 0.15) is 11.6 Å². The van der Waals surface area contributed by atoms with Crippen molar-refractivity contribution in [2.75, 3.05) is 6.61 Å². The number of amides is 1. The van der Waals surface area contributed by atoms with Gasteiger partial charge in [0.15, 0.2) is 0 Å². The minimum Gasteiger partial charge on any atom is -0.394 e. The number of aliphatic hydroxyl groups excluding tert-OH is 1. The molecule has 94 valence electrons. The molecule has 0 saturated heterocycles. The number of hydrogen-bond acceptors (Lipinski definition) is 2. The Morgan fingerprint density at radius 1 is 1.47 bits per heavy atom. The van der Waals surface area contributed by atoms with Gasteiger partial charge in [0.25, 0.3) is 0 Å². The first-order valence-corrected chi connectivity index (χ1v) is 5.41. The minimum atomic E-state index is -0.739. The Morgan fingerprint density at radius 2 is 2.18 bits per heavy atom. The fourth-order valence-electron chi connectivity index (χ4n) is 1.39. The molecule has 0 unspecified atom stereocenters. The highest BCUT2D eigenvalue weighted by Crippen LogP contribution is 2.10. The topological polar surface area (TPSA) is 49.3 Å². The third-order valence-corrected chi connectivity index (χ3v) is 2.44. The number of aliphatic hydroxyl groups is 1. The molecule has 1 atom stereocenters. The van der Waals surface area contributed by atoms with E-state index in [1.807, 2.05) is 6.92 Å². The van der Waals surface area contributed by atoms with Crippen molar-refractivity contribution in [3.8, 4) is 0 Å². The van der Waals surface area contributed by atoms with Crippen molar-refractivity contribution in [3.63, 3.8) is 0 Å². The molecule has 0 radical (unpaired) electrons. The number of rotatable bonds is 5. The van der Waals surface area contributed by atoms with Crippen LogP contribution in [0.2, 0.25) is 0 Å². The van der Waals surface area contributed by atoms with Crippen LogP contribution in [0, 0.1) is 11.6 Å². The molecular weight excluding hydrogens is 228 g/mol. The van der Waals surface area contributed by atoms with Crippen LogP contribution in [0.3, 0.4) is 0 Å². The average molecular weight is 243 g/mol. The highest BCUT2D eigenvalue weighted by molar-refractivity contribution is 5.78. The van der Waals surface area contributed by atoms with E-state index in [9.17, 15) is 13.6 Å². The second-order valence-electron chi connectivity index (χ2n) is 3.77. The van der Waals surface area contributed by atoms with Gasteiger partial charge in [-0.25, -0.2) is 8.78 Å². The molecule has 2 N–H and O–H groups in total. The first-order valence-electron chi connectivity index (χ1n) is 5.41. The first kappa shape index (κ1) is 13.6. The van der Waals surface area contributed by atoms with Gasteiger partial charge in [-0.2, -0.15) is 0 Å². The summed E-state index contributed by atoms with van der Waals surface area (Å²) in [4.78, 5) is 11.5. The second kappa shape index (κ2) is 6.30. The van der Waals surface area contributed by atoms with Crippen LogP contribution in [0.5, 0.6) is 0 Å². The summed E-state index contributed by atoms with van der Waals surface area (Å²) in [6.45, 7) is 1.66. The van der Waals surface area contributed by atoms with Gasteiger partial charge in [0.2, 0.25) is 5.91 Å². The van der Waals surface area contributed by atoms with Crippen LogP contribution in [-0.2, 0) is 11.2 Å². The molecule has 0 bridgehead atoms. The molecule has 0 fully saturated rings.